The zero-order valence-corrected chi connectivity index (χ0v) is 11.5. The van der Waals surface area contributed by atoms with E-state index in [0.717, 1.165) is 11.3 Å². The number of methoxy groups -OCH3 is 1. The van der Waals surface area contributed by atoms with E-state index in [0.29, 0.717) is 32.8 Å². The van der Waals surface area contributed by atoms with Crippen LogP contribution in [0.3, 0.4) is 0 Å². The van der Waals surface area contributed by atoms with Crippen molar-refractivity contribution >= 4 is 6.03 Å². The molecule has 0 N–H and O–H groups in total. The Kier molecular flexibility index (Phi) is 4.63. The number of para-hydroxylation sites is 1. The van der Waals surface area contributed by atoms with Gasteiger partial charge in [0.1, 0.15) is 5.75 Å². The predicted molar refractivity (Wildman–Crippen MR) is 72.2 cm³/mol. The summed E-state index contributed by atoms with van der Waals surface area (Å²) in [6, 6.07) is 7.79. The van der Waals surface area contributed by atoms with Gasteiger partial charge in [-0.2, -0.15) is 0 Å². The third-order valence-electron chi connectivity index (χ3n) is 3.21. The highest BCUT2D eigenvalue weighted by Gasteiger charge is 2.20. The van der Waals surface area contributed by atoms with E-state index in [2.05, 4.69) is 0 Å². The van der Waals surface area contributed by atoms with Gasteiger partial charge in [-0.1, -0.05) is 18.2 Å². The van der Waals surface area contributed by atoms with Crippen LogP contribution in [0.25, 0.3) is 0 Å². The summed E-state index contributed by atoms with van der Waals surface area (Å²) in [7, 11) is 3.45. The van der Waals surface area contributed by atoms with Gasteiger partial charge in [-0.3, -0.25) is 0 Å². The lowest BCUT2D eigenvalue weighted by Crippen LogP contribution is -2.46. The highest BCUT2D eigenvalue weighted by Crippen LogP contribution is 2.19. The van der Waals surface area contributed by atoms with Crippen LogP contribution < -0.4 is 4.74 Å². The van der Waals surface area contributed by atoms with E-state index in [9.17, 15) is 4.79 Å². The Morgan fingerprint density at radius 2 is 2.05 bits per heavy atom. The first-order valence-electron chi connectivity index (χ1n) is 6.42. The molecule has 1 aliphatic rings. The number of hydrogen-bond donors (Lipinski definition) is 0. The number of rotatable bonds is 3. The summed E-state index contributed by atoms with van der Waals surface area (Å²) < 4.78 is 10.6. The quantitative estimate of drug-likeness (QED) is 0.832. The standard InChI is InChI=1S/C14H20N2O3/c1-15(14(17)16-7-9-19-10-8-16)11-12-5-3-4-6-13(12)18-2/h3-6H,7-11H2,1-2H3. The summed E-state index contributed by atoms with van der Waals surface area (Å²) in [5.41, 5.74) is 1.01. The van der Waals surface area contributed by atoms with Gasteiger partial charge < -0.3 is 19.3 Å². The normalized spacial score (nSPS) is 15.2. The monoisotopic (exact) mass is 264 g/mol. The van der Waals surface area contributed by atoms with E-state index in [4.69, 9.17) is 9.47 Å². The van der Waals surface area contributed by atoms with Gasteiger partial charge in [-0.25, -0.2) is 4.79 Å². The molecule has 0 spiro atoms. The van der Waals surface area contributed by atoms with Crippen molar-refractivity contribution in [1.29, 1.82) is 0 Å². The molecule has 1 aromatic carbocycles. The van der Waals surface area contributed by atoms with Gasteiger partial charge in [-0.05, 0) is 6.07 Å². The average molecular weight is 264 g/mol. The first-order chi connectivity index (χ1) is 9.22. The van der Waals surface area contributed by atoms with Crippen molar-refractivity contribution in [1.82, 2.24) is 9.80 Å². The van der Waals surface area contributed by atoms with Gasteiger partial charge in [0.25, 0.3) is 0 Å². The predicted octanol–water partition coefficient (Wildman–Crippen LogP) is 1.58. The van der Waals surface area contributed by atoms with Crippen molar-refractivity contribution in [2.24, 2.45) is 0 Å². The minimum atomic E-state index is 0.0363. The molecule has 0 aliphatic carbocycles. The fraction of sp³-hybridized carbons (Fsp3) is 0.500. The maximum Gasteiger partial charge on any atom is 0.320 e. The first kappa shape index (κ1) is 13.7. The molecule has 0 unspecified atom stereocenters. The van der Waals surface area contributed by atoms with Gasteiger partial charge >= 0.3 is 6.03 Å². The Morgan fingerprint density at radius 3 is 2.74 bits per heavy atom. The maximum atomic E-state index is 12.3. The van der Waals surface area contributed by atoms with E-state index in [-0.39, 0.29) is 6.03 Å². The van der Waals surface area contributed by atoms with Gasteiger partial charge in [0.2, 0.25) is 0 Å². The minimum absolute atomic E-state index is 0.0363. The molecule has 0 atom stereocenters. The van der Waals surface area contributed by atoms with Crippen LogP contribution in [0, 0.1) is 0 Å². The molecule has 1 aliphatic heterocycles. The smallest absolute Gasteiger partial charge is 0.320 e. The summed E-state index contributed by atoms with van der Waals surface area (Å²) in [5.74, 6) is 0.809. The number of amides is 2. The molecule has 1 fully saturated rings. The Balaban J connectivity index is 1.99. The average Bonchev–Trinajstić information content (AvgIpc) is 2.48. The number of morpholine rings is 1. The highest BCUT2D eigenvalue weighted by atomic mass is 16.5. The summed E-state index contributed by atoms with van der Waals surface area (Å²) >= 11 is 0. The van der Waals surface area contributed by atoms with Crippen molar-refractivity contribution in [2.45, 2.75) is 6.54 Å². The maximum absolute atomic E-state index is 12.3. The van der Waals surface area contributed by atoms with Crippen LogP contribution in [-0.4, -0.2) is 56.3 Å². The van der Waals surface area contributed by atoms with Gasteiger partial charge in [0.05, 0.1) is 26.9 Å². The molecule has 1 heterocycles. The van der Waals surface area contributed by atoms with Crippen LogP contribution in [0.15, 0.2) is 24.3 Å². The molecule has 104 valence electrons. The molecule has 19 heavy (non-hydrogen) atoms. The van der Waals surface area contributed by atoms with E-state index >= 15 is 0 Å². The third-order valence-corrected chi connectivity index (χ3v) is 3.21. The van der Waals surface area contributed by atoms with Crippen LogP contribution in [0.2, 0.25) is 0 Å². The first-order valence-corrected chi connectivity index (χ1v) is 6.42. The molecule has 1 saturated heterocycles. The molecule has 0 radical (unpaired) electrons. The second-order valence-electron chi connectivity index (χ2n) is 4.55. The molecule has 5 heteroatoms. The van der Waals surface area contributed by atoms with E-state index in [1.54, 1.807) is 12.0 Å². The lowest BCUT2D eigenvalue weighted by molar-refractivity contribution is 0.0447. The van der Waals surface area contributed by atoms with Crippen molar-refractivity contribution < 1.29 is 14.3 Å². The van der Waals surface area contributed by atoms with Crippen LogP contribution in [-0.2, 0) is 11.3 Å². The van der Waals surface area contributed by atoms with Crippen molar-refractivity contribution in [2.75, 3.05) is 40.5 Å². The molecule has 1 aromatic rings. The fourth-order valence-electron chi connectivity index (χ4n) is 2.15. The summed E-state index contributed by atoms with van der Waals surface area (Å²) in [6.07, 6.45) is 0. The summed E-state index contributed by atoms with van der Waals surface area (Å²) in [5, 5.41) is 0. The minimum Gasteiger partial charge on any atom is -0.496 e. The number of benzene rings is 1. The number of ether oxygens (including phenoxy) is 2. The second-order valence-corrected chi connectivity index (χ2v) is 4.55. The third kappa shape index (κ3) is 3.38. The highest BCUT2D eigenvalue weighted by molar-refractivity contribution is 5.74. The second kappa shape index (κ2) is 6.43. The topological polar surface area (TPSA) is 42.0 Å². The number of carbonyl (C=O) groups is 1. The van der Waals surface area contributed by atoms with E-state index in [1.807, 2.05) is 36.2 Å². The Hall–Kier alpha value is -1.75. The number of urea groups is 1. The largest absolute Gasteiger partial charge is 0.496 e. The van der Waals surface area contributed by atoms with Crippen molar-refractivity contribution in [3.8, 4) is 5.75 Å². The van der Waals surface area contributed by atoms with Crippen LogP contribution in [0.4, 0.5) is 4.79 Å². The lowest BCUT2D eigenvalue weighted by atomic mass is 10.2. The molecular weight excluding hydrogens is 244 g/mol. The number of nitrogens with zero attached hydrogens (tertiary/aromatic N) is 2. The summed E-state index contributed by atoms with van der Waals surface area (Å²) in [6.45, 7) is 3.10. The summed E-state index contributed by atoms with van der Waals surface area (Å²) in [4.78, 5) is 15.8. The van der Waals surface area contributed by atoms with Gasteiger partial charge in [0, 0.05) is 25.7 Å². The van der Waals surface area contributed by atoms with Crippen molar-refractivity contribution in [3.63, 3.8) is 0 Å². The molecule has 2 rings (SSSR count). The van der Waals surface area contributed by atoms with Crippen molar-refractivity contribution in [3.05, 3.63) is 29.8 Å². The van der Waals surface area contributed by atoms with E-state index in [1.165, 1.54) is 0 Å². The van der Waals surface area contributed by atoms with Crippen LogP contribution in [0.5, 0.6) is 5.75 Å². The number of carbonyl (C=O) groups excluding carboxylic acids is 1. The Bertz CT molecular complexity index is 430. The molecule has 2 amide bonds. The fourth-order valence-corrected chi connectivity index (χ4v) is 2.15. The Labute approximate surface area is 113 Å². The molecule has 0 bridgehead atoms. The Morgan fingerprint density at radius 1 is 1.37 bits per heavy atom. The van der Waals surface area contributed by atoms with Crippen LogP contribution in [0.1, 0.15) is 5.56 Å². The zero-order valence-electron chi connectivity index (χ0n) is 11.5. The van der Waals surface area contributed by atoms with E-state index < -0.39 is 0 Å². The van der Waals surface area contributed by atoms with Gasteiger partial charge in [-0.15, -0.1) is 0 Å². The molecule has 0 aromatic heterocycles. The molecular formula is C14H20N2O3. The lowest BCUT2D eigenvalue weighted by Gasteiger charge is -2.31. The molecule has 0 saturated carbocycles. The zero-order chi connectivity index (χ0) is 13.7. The molecule has 5 nitrogen and oxygen atoms in total. The number of hydrogen-bond acceptors (Lipinski definition) is 3. The SMILES string of the molecule is COc1ccccc1CN(C)C(=O)N1CCOCC1. The van der Waals surface area contributed by atoms with Gasteiger partial charge in [0.15, 0.2) is 0 Å². The van der Waals surface area contributed by atoms with Crippen LogP contribution >= 0.6 is 0 Å².